The summed E-state index contributed by atoms with van der Waals surface area (Å²) in [5.74, 6) is 0.467. The Morgan fingerprint density at radius 2 is 1.80 bits per heavy atom. The quantitative estimate of drug-likeness (QED) is 0.631. The molecular weight excluding hydrogens is 380 g/mol. The number of carbonyl (C=O) groups is 1. The third kappa shape index (κ3) is 4.93. The van der Waals surface area contributed by atoms with E-state index in [1.807, 2.05) is 18.2 Å². The maximum atomic E-state index is 12.7. The maximum absolute atomic E-state index is 12.7. The van der Waals surface area contributed by atoms with Crippen LogP contribution in [0.3, 0.4) is 0 Å². The van der Waals surface area contributed by atoms with Crippen LogP contribution in [0.15, 0.2) is 76.1 Å². The van der Waals surface area contributed by atoms with Crippen LogP contribution in [0.4, 0.5) is 0 Å². The Bertz CT molecular complexity index is 1050. The summed E-state index contributed by atoms with van der Waals surface area (Å²) in [4.78, 5) is 28.9. The van der Waals surface area contributed by atoms with Gasteiger partial charge < -0.3 is 9.32 Å². The minimum Gasteiger partial charge on any atom is -0.463 e. The highest BCUT2D eigenvalue weighted by atomic mass is 16.3. The number of carbonyl (C=O) groups excluding carboxylic acids is 1. The SMILES string of the molecule is O=C(Cn1nc(-c2ccco2)ccc1=O)N1CCN(C/C=C/c2ccccc2)CC1. The van der Waals surface area contributed by atoms with E-state index in [4.69, 9.17) is 4.42 Å². The first-order chi connectivity index (χ1) is 14.7. The molecule has 7 nitrogen and oxygen atoms in total. The first-order valence-corrected chi connectivity index (χ1v) is 10.0. The summed E-state index contributed by atoms with van der Waals surface area (Å²) in [7, 11) is 0. The van der Waals surface area contributed by atoms with Gasteiger partial charge in [0.05, 0.1) is 6.26 Å². The predicted octanol–water partition coefficient (Wildman–Crippen LogP) is 2.36. The van der Waals surface area contributed by atoms with Gasteiger partial charge in [-0.05, 0) is 23.8 Å². The Morgan fingerprint density at radius 1 is 1.00 bits per heavy atom. The summed E-state index contributed by atoms with van der Waals surface area (Å²) < 4.78 is 6.53. The molecular formula is C23H24N4O3. The Morgan fingerprint density at radius 3 is 2.53 bits per heavy atom. The minimum absolute atomic E-state index is 0.0682. The number of aromatic nitrogens is 2. The van der Waals surface area contributed by atoms with E-state index >= 15 is 0 Å². The van der Waals surface area contributed by atoms with Crippen LogP contribution in [0.5, 0.6) is 0 Å². The molecule has 1 aliphatic rings. The van der Waals surface area contributed by atoms with Gasteiger partial charge in [-0.15, -0.1) is 0 Å². The highest BCUT2D eigenvalue weighted by Crippen LogP contribution is 2.15. The normalized spacial score (nSPS) is 15.0. The zero-order valence-corrected chi connectivity index (χ0v) is 16.7. The molecule has 1 fully saturated rings. The fraction of sp³-hybridized carbons (Fsp3) is 0.261. The van der Waals surface area contributed by atoms with Crippen LogP contribution < -0.4 is 5.56 Å². The number of hydrogen-bond donors (Lipinski definition) is 0. The van der Waals surface area contributed by atoms with Crippen LogP contribution in [0, 0.1) is 0 Å². The van der Waals surface area contributed by atoms with Gasteiger partial charge in [0.25, 0.3) is 5.56 Å². The van der Waals surface area contributed by atoms with Gasteiger partial charge in [0.15, 0.2) is 5.76 Å². The summed E-state index contributed by atoms with van der Waals surface area (Å²) in [5, 5.41) is 4.28. The fourth-order valence-electron chi connectivity index (χ4n) is 3.43. The van der Waals surface area contributed by atoms with E-state index in [1.54, 1.807) is 29.4 Å². The van der Waals surface area contributed by atoms with Crippen molar-refractivity contribution in [1.82, 2.24) is 19.6 Å². The number of furan rings is 1. The topological polar surface area (TPSA) is 71.6 Å². The average molecular weight is 404 g/mol. The lowest BCUT2D eigenvalue weighted by molar-refractivity contribution is -0.133. The van der Waals surface area contributed by atoms with Crippen molar-refractivity contribution >= 4 is 12.0 Å². The summed E-state index contributed by atoms with van der Waals surface area (Å²) in [6, 6.07) is 16.7. The van der Waals surface area contributed by atoms with Gasteiger partial charge in [-0.1, -0.05) is 42.5 Å². The summed E-state index contributed by atoms with van der Waals surface area (Å²) >= 11 is 0. The van der Waals surface area contributed by atoms with Gasteiger partial charge in [0.1, 0.15) is 12.2 Å². The number of rotatable bonds is 6. The van der Waals surface area contributed by atoms with Gasteiger partial charge in [-0.2, -0.15) is 5.10 Å². The molecule has 3 heterocycles. The van der Waals surface area contributed by atoms with E-state index in [0.29, 0.717) is 24.5 Å². The molecule has 154 valence electrons. The second-order valence-corrected chi connectivity index (χ2v) is 7.19. The Hall–Kier alpha value is -3.45. The molecule has 3 aromatic rings. The first kappa shape index (κ1) is 19.8. The largest absolute Gasteiger partial charge is 0.463 e. The molecule has 1 saturated heterocycles. The zero-order chi connectivity index (χ0) is 20.8. The first-order valence-electron chi connectivity index (χ1n) is 10.0. The average Bonchev–Trinajstić information content (AvgIpc) is 3.31. The molecule has 1 aliphatic heterocycles. The molecule has 0 bridgehead atoms. The Labute approximate surface area is 174 Å². The number of piperazine rings is 1. The maximum Gasteiger partial charge on any atom is 0.267 e. The molecule has 0 atom stereocenters. The van der Waals surface area contributed by atoms with Gasteiger partial charge in [-0.3, -0.25) is 14.5 Å². The number of benzene rings is 1. The van der Waals surface area contributed by atoms with Crippen molar-refractivity contribution in [3.8, 4) is 11.5 Å². The van der Waals surface area contributed by atoms with Crippen molar-refractivity contribution in [2.45, 2.75) is 6.54 Å². The highest BCUT2D eigenvalue weighted by molar-refractivity contribution is 5.76. The smallest absolute Gasteiger partial charge is 0.267 e. The van der Waals surface area contributed by atoms with E-state index in [0.717, 1.165) is 19.6 Å². The Balaban J connectivity index is 1.30. The van der Waals surface area contributed by atoms with Gasteiger partial charge in [-0.25, -0.2) is 4.68 Å². The summed E-state index contributed by atoms with van der Waals surface area (Å²) in [6.07, 6.45) is 5.81. The highest BCUT2D eigenvalue weighted by Gasteiger charge is 2.21. The molecule has 0 radical (unpaired) electrons. The van der Waals surface area contributed by atoms with Crippen molar-refractivity contribution in [2.75, 3.05) is 32.7 Å². The molecule has 1 amide bonds. The molecule has 7 heteroatoms. The van der Waals surface area contributed by atoms with Crippen molar-refractivity contribution < 1.29 is 9.21 Å². The molecule has 30 heavy (non-hydrogen) atoms. The second kappa shape index (κ2) is 9.37. The molecule has 1 aromatic carbocycles. The molecule has 4 rings (SSSR count). The van der Waals surface area contributed by atoms with E-state index in [9.17, 15) is 9.59 Å². The monoisotopic (exact) mass is 404 g/mol. The third-order valence-electron chi connectivity index (χ3n) is 5.12. The summed E-state index contributed by atoms with van der Waals surface area (Å²) in [5.41, 5.74) is 1.41. The number of amides is 1. The van der Waals surface area contributed by atoms with Crippen LogP contribution in [0.1, 0.15) is 5.56 Å². The number of hydrogen-bond acceptors (Lipinski definition) is 5. The van der Waals surface area contributed by atoms with Crippen LogP contribution in [-0.2, 0) is 11.3 Å². The van der Waals surface area contributed by atoms with Crippen LogP contribution in [-0.4, -0.2) is 58.2 Å². The molecule has 0 aliphatic carbocycles. The molecule has 2 aromatic heterocycles. The van der Waals surface area contributed by atoms with Crippen molar-refractivity contribution in [1.29, 1.82) is 0 Å². The third-order valence-corrected chi connectivity index (χ3v) is 5.12. The van der Waals surface area contributed by atoms with Crippen LogP contribution in [0.2, 0.25) is 0 Å². The van der Waals surface area contributed by atoms with Gasteiger partial charge >= 0.3 is 0 Å². The van der Waals surface area contributed by atoms with E-state index in [-0.39, 0.29) is 18.0 Å². The van der Waals surface area contributed by atoms with E-state index in [2.05, 4.69) is 34.3 Å². The number of nitrogens with zero attached hydrogens (tertiary/aromatic N) is 4. The fourth-order valence-corrected chi connectivity index (χ4v) is 3.43. The van der Waals surface area contributed by atoms with Crippen LogP contribution in [0.25, 0.3) is 17.5 Å². The van der Waals surface area contributed by atoms with Crippen molar-refractivity contribution in [3.63, 3.8) is 0 Å². The van der Waals surface area contributed by atoms with Crippen LogP contribution >= 0.6 is 0 Å². The van der Waals surface area contributed by atoms with E-state index < -0.39 is 0 Å². The standard InChI is InChI=1S/C23H24N4O3/c28-22-11-10-20(21-9-5-17-30-21)24-27(22)18-23(29)26-15-13-25(14-16-26)12-4-8-19-6-2-1-3-7-19/h1-11,17H,12-16,18H2/b8-4+. The lowest BCUT2D eigenvalue weighted by atomic mass is 10.2. The zero-order valence-electron chi connectivity index (χ0n) is 16.7. The van der Waals surface area contributed by atoms with Gasteiger partial charge in [0.2, 0.25) is 5.91 Å². The molecule has 0 N–H and O–H groups in total. The molecule has 0 spiro atoms. The Kier molecular flexibility index (Phi) is 6.20. The van der Waals surface area contributed by atoms with Crippen molar-refractivity contribution in [3.05, 3.63) is 82.9 Å². The molecule has 0 saturated carbocycles. The van der Waals surface area contributed by atoms with Gasteiger partial charge in [0, 0.05) is 38.8 Å². The lowest BCUT2D eigenvalue weighted by Crippen LogP contribution is -2.50. The molecule has 0 unspecified atom stereocenters. The predicted molar refractivity (Wildman–Crippen MR) is 115 cm³/mol. The summed E-state index contributed by atoms with van der Waals surface area (Å²) in [6.45, 7) is 3.68. The van der Waals surface area contributed by atoms with E-state index in [1.165, 1.54) is 16.3 Å². The van der Waals surface area contributed by atoms with Crippen molar-refractivity contribution in [2.24, 2.45) is 0 Å². The lowest BCUT2D eigenvalue weighted by Gasteiger charge is -2.34. The second-order valence-electron chi connectivity index (χ2n) is 7.19. The minimum atomic E-state index is -0.302.